The van der Waals surface area contributed by atoms with E-state index in [1.165, 1.54) is 0 Å². The van der Waals surface area contributed by atoms with Crippen LogP contribution >= 0.6 is 0 Å². The number of hydrogen-bond acceptors (Lipinski definition) is 4. The molecular formula is C12H18N2O3. The van der Waals surface area contributed by atoms with Gasteiger partial charge in [0.25, 0.3) is 5.91 Å². The summed E-state index contributed by atoms with van der Waals surface area (Å²) in [6.07, 6.45) is 2.37. The van der Waals surface area contributed by atoms with Gasteiger partial charge in [0.15, 0.2) is 5.89 Å². The van der Waals surface area contributed by atoms with Gasteiger partial charge in [0.1, 0.15) is 0 Å². The van der Waals surface area contributed by atoms with Crippen molar-refractivity contribution in [2.45, 2.75) is 39.2 Å². The first-order valence-electron chi connectivity index (χ1n) is 5.96. The summed E-state index contributed by atoms with van der Waals surface area (Å²) in [5, 5.41) is 12.2. The Hall–Kier alpha value is -1.36. The maximum Gasteiger partial charge on any atom is 0.289 e. The number of aliphatic hydroxyl groups excluding tert-OH is 1. The van der Waals surface area contributed by atoms with Gasteiger partial charge < -0.3 is 14.8 Å². The van der Waals surface area contributed by atoms with Crippen molar-refractivity contribution in [2.75, 3.05) is 6.54 Å². The zero-order chi connectivity index (χ0) is 12.4. The summed E-state index contributed by atoms with van der Waals surface area (Å²) in [7, 11) is 0. The Morgan fingerprint density at radius 1 is 1.53 bits per heavy atom. The summed E-state index contributed by atoms with van der Waals surface area (Å²) < 4.78 is 5.24. The minimum Gasteiger partial charge on any atom is -0.436 e. The molecule has 2 N–H and O–H groups in total. The molecule has 0 aliphatic heterocycles. The van der Waals surface area contributed by atoms with Crippen molar-refractivity contribution in [2.24, 2.45) is 5.92 Å². The third kappa shape index (κ3) is 2.85. The first kappa shape index (κ1) is 12.1. The molecule has 0 radical (unpaired) electrons. The third-order valence-corrected chi connectivity index (χ3v) is 3.17. The second-order valence-electron chi connectivity index (χ2n) is 4.69. The van der Waals surface area contributed by atoms with Crippen LogP contribution in [0.2, 0.25) is 0 Å². The van der Waals surface area contributed by atoms with Gasteiger partial charge in [0, 0.05) is 13.5 Å². The van der Waals surface area contributed by atoms with Gasteiger partial charge in [-0.25, -0.2) is 4.98 Å². The lowest BCUT2D eigenvalue weighted by molar-refractivity contribution is 0.0915. The quantitative estimate of drug-likeness (QED) is 0.829. The van der Waals surface area contributed by atoms with Crippen molar-refractivity contribution in [1.82, 2.24) is 10.3 Å². The fourth-order valence-electron chi connectivity index (χ4n) is 2.29. The molecule has 2 rings (SSSR count). The lowest BCUT2D eigenvalue weighted by atomic mass is 10.1. The number of aliphatic hydroxyl groups is 1. The van der Waals surface area contributed by atoms with Gasteiger partial charge in [0.05, 0.1) is 11.8 Å². The smallest absolute Gasteiger partial charge is 0.289 e. The maximum absolute atomic E-state index is 11.8. The molecule has 0 spiro atoms. The maximum atomic E-state index is 11.8. The highest BCUT2D eigenvalue weighted by atomic mass is 16.4. The molecule has 2 unspecified atom stereocenters. The van der Waals surface area contributed by atoms with E-state index in [-0.39, 0.29) is 12.0 Å². The SMILES string of the molecule is Cc1nc(C)c(C(=O)NCC2CCC(O)C2)o1. The number of nitrogens with zero attached hydrogens (tertiary/aromatic N) is 1. The Kier molecular flexibility index (Phi) is 3.47. The summed E-state index contributed by atoms with van der Waals surface area (Å²) in [5.41, 5.74) is 0.617. The zero-order valence-electron chi connectivity index (χ0n) is 10.2. The van der Waals surface area contributed by atoms with Gasteiger partial charge >= 0.3 is 0 Å². The Labute approximate surface area is 100 Å². The average Bonchev–Trinajstić information content (AvgIpc) is 2.81. The lowest BCUT2D eigenvalue weighted by Gasteiger charge is -2.09. The predicted molar refractivity (Wildman–Crippen MR) is 61.7 cm³/mol. The van der Waals surface area contributed by atoms with Crippen LogP contribution in [0.4, 0.5) is 0 Å². The van der Waals surface area contributed by atoms with Gasteiger partial charge in [0.2, 0.25) is 5.76 Å². The summed E-state index contributed by atoms with van der Waals surface area (Å²) in [4.78, 5) is 15.9. The Balaban J connectivity index is 1.87. The topological polar surface area (TPSA) is 75.4 Å². The van der Waals surface area contributed by atoms with E-state index < -0.39 is 0 Å². The first-order chi connectivity index (χ1) is 8.06. The molecule has 1 aromatic heterocycles. The standard InChI is InChI=1S/C12H18N2O3/c1-7-11(17-8(2)14-7)12(16)13-6-9-3-4-10(15)5-9/h9-10,15H,3-6H2,1-2H3,(H,13,16). The number of carbonyl (C=O) groups is 1. The van der Waals surface area contributed by atoms with Crippen LogP contribution in [-0.4, -0.2) is 28.6 Å². The summed E-state index contributed by atoms with van der Waals surface area (Å²) in [6.45, 7) is 4.07. The van der Waals surface area contributed by atoms with Crippen molar-refractivity contribution < 1.29 is 14.3 Å². The Morgan fingerprint density at radius 3 is 2.82 bits per heavy atom. The number of amides is 1. The largest absolute Gasteiger partial charge is 0.436 e. The van der Waals surface area contributed by atoms with Crippen LogP contribution in [0, 0.1) is 19.8 Å². The number of carbonyl (C=O) groups excluding carboxylic acids is 1. The van der Waals surface area contributed by atoms with Crippen molar-refractivity contribution in [1.29, 1.82) is 0 Å². The fourth-order valence-corrected chi connectivity index (χ4v) is 2.29. The molecule has 0 aromatic carbocycles. The number of aryl methyl sites for hydroxylation is 2. The number of aromatic nitrogens is 1. The number of hydrogen-bond donors (Lipinski definition) is 2. The third-order valence-electron chi connectivity index (χ3n) is 3.17. The molecule has 1 aliphatic rings. The van der Waals surface area contributed by atoms with Gasteiger partial charge in [-0.3, -0.25) is 4.79 Å². The van der Waals surface area contributed by atoms with Gasteiger partial charge in [-0.1, -0.05) is 0 Å². The lowest BCUT2D eigenvalue weighted by Crippen LogP contribution is -2.28. The van der Waals surface area contributed by atoms with E-state index in [4.69, 9.17) is 4.42 Å². The molecule has 1 aliphatic carbocycles. The van der Waals surface area contributed by atoms with Crippen LogP contribution in [-0.2, 0) is 0 Å². The summed E-state index contributed by atoms with van der Waals surface area (Å²) in [5.74, 6) is 0.952. The fraction of sp³-hybridized carbons (Fsp3) is 0.667. The molecule has 17 heavy (non-hydrogen) atoms. The molecule has 5 heteroatoms. The number of nitrogens with one attached hydrogen (secondary N) is 1. The van der Waals surface area contributed by atoms with E-state index in [9.17, 15) is 9.90 Å². The van der Waals surface area contributed by atoms with Crippen molar-refractivity contribution in [3.05, 3.63) is 17.3 Å². The molecule has 1 amide bonds. The molecule has 0 saturated heterocycles. The van der Waals surface area contributed by atoms with Crippen LogP contribution < -0.4 is 5.32 Å². The van der Waals surface area contributed by atoms with E-state index >= 15 is 0 Å². The van der Waals surface area contributed by atoms with Crippen LogP contribution in [0.1, 0.15) is 41.4 Å². The minimum atomic E-state index is -0.218. The van der Waals surface area contributed by atoms with E-state index in [1.807, 2.05) is 0 Å². The normalized spacial score (nSPS) is 23.9. The van der Waals surface area contributed by atoms with Crippen LogP contribution in [0.3, 0.4) is 0 Å². The second-order valence-corrected chi connectivity index (χ2v) is 4.69. The molecule has 1 aromatic rings. The molecular weight excluding hydrogens is 220 g/mol. The van der Waals surface area contributed by atoms with Crippen LogP contribution in [0.15, 0.2) is 4.42 Å². The molecule has 1 heterocycles. The zero-order valence-corrected chi connectivity index (χ0v) is 10.2. The second kappa shape index (κ2) is 4.87. The summed E-state index contributed by atoms with van der Waals surface area (Å²) >= 11 is 0. The summed E-state index contributed by atoms with van der Waals surface area (Å²) in [6, 6.07) is 0. The molecule has 1 saturated carbocycles. The number of oxazole rings is 1. The van der Waals surface area contributed by atoms with Crippen molar-refractivity contribution in [3.8, 4) is 0 Å². The average molecular weight is 238 g/mol. The highest BCUT2D eigenvalue weighted by Crippen LogP contribution is 2.24. The molecule has 1 fully saturated rings. The van der Waals surface area contributed by atoms with E-state index in [0.29, 0.717) is 29.8 Å². The van der Waals surface area contributed by atoms with Crippen molar-refractivity contribution >= 4 is 5.91 Å². The monoisotopic (exact) mass is 238 g/mol. The van der Waals surface area contributed by atoms with Crippen LogP contribution in [0.5, 0.6) is 0 Å². The first-order valence-corrected chi connectivity index (χ1v) is 5.96. The number of rotatable bonds is 3. The Morgan fingerprint density at radius 2 is 2.29 bits per heavy atom. The highest BCUT2D eigenvalue weighted by molar-refractivity contribution is 5.92. The molecule has 0 bridgehead atoms. The van der Waals surface area contributed by atoms with Gasteiger partial charge in [-0.05, 0) is 32.1 Å². The molecule has 94 valence electrons. The highest BCUT2D eigenvalue weighted by Gasteiger charge is 2.24. The van der Waals surface area contributed by atoms with Crippen molar-refractivity contribution in [3.63, 3.8) is 0 Å². The van der Waals surface area contributed by atoms with E-state index in [1.54, 1.807) is 13.8 Å². The van der Waals surface area contributed by atoms with Crippen LogP contribution in [0.25, 0.3) is 0 Å². The van der Waals surface area contributed by atoms with E-state index in [2.05, 4.69) is 10.3 Å². The molecule has 5 nitrogen and oxygen atoms in total. The van der Waals surface area contributed by atoms with Gasteiger partial charge in [-0.2, -0.15) is 0 Å². The van der Waals surface area contributed by atoms with E-state index in [0.717, 1.165) is 19.3 Å². The minimum absolute atomic E-state index is 0.203. The molecule has 2 atom stereocenters. The van der Waals surface area contributed by atoms with Gasteiger partial charge in [-0.15, -0.1) is 0 Å². The predicted octanol–water partition coefficient (Wildman–Crippen LogP) is 1.18. The Bertz CT molecular complexity index is 414.